The van der Waals surface area contributed by atoms with E-state index in [1.165, 1.54) is 0 Å². The molecule has 0 radical (unpaired) electrons. The van der Waals surface area contributed by atoms with Crippen molar-refractivity contribution in [1.29, 1.82) is 0 Å². The summed E-state index contributed by atoms with van der Waals surface area (Å²) in [6, 6.07) is 1.43. The third kappa shape index (κ3) is 2.45. The van der Waals surface area contributed by atoms with Crippen molar-refractivity contribution in [3.05, 3.63) is 35.1 Å². The van der Waals surface area contributed by atoms with Crippen molar-refractivity contribution in [3.8, 4) is 0 Å². The normalized spacial score (nSPS) is 10.5. The van der Waals surface area contributed by atoms with Crippen LogP contribution in [0, 0.1) is 17.5 Å². The van der Waals surface area contributed by atoms with Crippen molar-refractivity contribution in [2.24, 2.45) is 0 Å². The maximum absolute atomic E-state index is 12.9. The Labute approximate surface area is 74.1 Å². The lowest BCUT2D eigenvalue weighted by Crippen LogP contribution is -1.99. The molecule has 0 bridgehead atoms. The second kappa shape index (κ2) is 4.28. The van der Waals surface area contributed by atoms with Crippen molar-refractivity contribution >= 4 is 0 Å². The van der Waals surface area contributed by atoms with Crippen LogP contribution in [0.4, 0.5) is 13.2 Å². The molecule has 0 aromatic heterocycles. The van der Waals surface area contributed by atoms with E-state index in [1.807, 2.05) is 0 Å². The zero-order chi connectivity index (χ0) is 9.84. The Morgan fingerprint density at radius 3 is 2.54 bits per heavy atom. The predicted molar refractivity (Wildman–Crippen MR) is 41.6 cm³/mol. The molecule has 0 aliphatic carbocycles. The Kier molecular flexibility index (Phi) is 3.31. The molecule has 0 saturated carbocycles. The van der Waals surface area contributed by atoms with Gasteiger partial charge in [-0.1, -0.05) is 0 Å². The summed E-state index contributed by atoms with van der Waals surface area (Å²) in [5.41, 5.74) is -0.0978. The lowest BCUT2D eigenvalue weighted by atomic mass is 10.2. The van der Waals surface area contributed by atoms with Crippen LogP contribution in [0.15, 0.2) is 12.1 Å². The Morgan fingerprint density at radius 1 is 1.23 bits per heavy atom. The summed E-state index contributed by atoms with van der Waals surface area (Å²) in [6.07, 6.45) is 0. The predicted octanol–water partition coefficient (Wildman–Crippen LogP) is 2.64. The highest BCUT2D eigenvalue weighted by Crippen LogP contribution is 2.14. The quantitative estimate of drug-likeness (QED) is 0.666. The average Bonchev–Trinajstić information content (AvgIpc) is 2.09. The fourth-order valence-electron chi connectivity index (χ4n) is 0.926. The fraction of sp³-hybridized carbons (Fsp3) is 0.333. The van der Waals surface area contributed by atoms with Gasteiger partial charge >= 0.3 is 0 Å². The third-order valence-electron chi connectivity index (χ3n) is 1.53. The van der Waals surface area contributed by atoms with E-state index in [1.54, 1.807) is 6.92 Å². The maximum Gasteiger partial charge on any atom is 0.164 e. The smallest absolute Gasteiger partial charge is 0.164 e. The van der Waals surface area contributed by atoms with Gasteiger partial charge in [-0.3, -0.25) is 0 Å². The maximum atomic E-state index is 12.9. The van der Waals surface area contributed by atoms with Crippen LogP contribution >= 0.6 is 0 Å². The van der Waals surface area contributed by atoms with Gasteiger partial charge in [0.2, 0.25) is 0 Å². The largest absolute Gasteiger partial charge is 0.377 e. The monoisotopic (exact) mass is 190 g/mol. The summed E-state index contributed by atoms with van der Waals surface area (Å²) in [5, 5.41) is 0. The molecule has 1 aromatic rings. The third-order valence-corrected chi connectivity index (χ3v) is 1.53. The number of hydrogen-bond acceptors (Lipinski definition) is 1. The van der Waals surface area contributed by atoms with Crippen molar-refractivity contribution in [2.75, 3.05) is 6.61 Å². The summed E-state index contributed by atoms with van der Waals surface area (Å²) in [7, 11) is 0. The average molecular weight is 190 g/mol. The minimum atomic E-state index is -1.19. The summed E-state index contributed by atoms with van der Waals surface area (Å²) in [5.74, 6) is -3.03. The summed E-state index contributed by atoms with van der Waals surface area (Å²) in [6.45, 7) is 1.97. The highest BCUT2D eigenvalue weighted by atomic mass is 19.2. The van der Waals surface area contributed by atoms with Gasteiger partial charge in [-0.25, -0.2) is 13.2 Å². The molecule has 1 rings (SSSR count). The van der Waals surface area contributed by atoms with E-state index in [-0.39, 0.29) is 12.2 Å². The molecule has 0 spiro atoms. The second-order valence-corrected chi connectivity index (χ2v) is 2.50. The first-order chi connectivity index (χ1) is 6.15. The second-order valence-electron chi connectivity index (χ2n) is 2.50. The number of hydrogen-bond donors (Lipinski definition) is 0. The number of benzene rings is 1. The molecule has 72 valence electrons. The minimum Gasteiger partial charge on any atom is -0.377 e. The Morgan fingerprint density at radius 2 is 1.92 bits per heavy atom. The van der Waals surface area contributed by atoms with E-state index in [2.05, 4.69) is 0 Å². The number of halogens is 3. The van der Waals surface area contributed by atoms with Gasteiger partial charge in [-0.05, 0) is 13.0 Å². The van der Waals surface area contributed by atoms with Crippen LogP contribution in [0.5, 0.6) is 0 Å². The van der Waals surface area contributed by atoms with Crippen LogP contribution in [0.1, 0.15) is 12.5 Å². The number of rotatable bonds is 3. The molecule has 0 saturated heterocycles. The van der Waals surface area contributed by atoms with E-state index in [9.17, 15) is 13.2 Å². The Bertz CT molecular complexity index is 299. The molecule has 0 N–H and O–H groups in total. The first kappa shape index (κ1) is 10.1. The molecule has 13 heavy (non-hydrogen) atoms. The molecule has 0 amide bonds. The first-order valence-corrected chi connectivity index (χ1v) is 3.86. The SMILES string of the molecule is CCOCc1cc(F)cc(F)c1F. The molecule has 0 aliphatic rings. The van der Waals surface area contributed by atoms with E-state index >= 15 is 0 Å². The van der Waals surface area contributed by atoms with Gasteiger partial charge in [0.1, 0.15) is 5.82 Å². The zero-order valence-corrected chi connectivity index (χ0v) is 7.11. The number of ether oxygens (including phenoxy) is 1. The fourth-order valence-corrected chi connectivity index (χ4v) is 0.926. The summed E-state index contributed by atoms with van der Waals surface area (Å²) in [4.78, 5) is 0. The van der Waals surface area contributed by atoms with Gasteiger partial charge in [0.25, 0.3) is 0 Å². The topological polar surface area (TPSA) is 9.23 Å². The van der Waals surface area contributed by atoms with E-state index in [0.717, 1.165) is 6.07 Å². The molecule has 4 heteroatoms. The molecule has 0 atom stereocenters. The van der Waals surface area contributed by atoms with Gasteiger partial charge < -0.3 is 4.74 Å². The van der Waals surface area contributed by atoms with Gasteiger partial charge in [0.15, 0.2) is 11.6 Å². The zero-order valence-electron chi connectivity index (χ0n) is 7.11. The van der Waals surface area contributed by atoms with Crippen LogP contribution in [0.25, 0.3) is 0 Å². The van der Waals surface area contributed by atoms with Crippen LogP contribution in [-0.4, -0.2) is 6.61 Å². The van der Waals surface area contributed by atoms with E-state index in [4.69, 9.17) is 4.74 Å². The van der Waals surface area contributed by atoms with Gasteiger partial charge in [0.05, 0.1) is 6.61 Å². The molecule has 1 nitrogen and oxygen atoms in total. The van der Waals surface area contributed by atoms with Crippen LogP contribution < -0.4 is 0 Å². The van der Waals surface area contributed by atoms with Crippen molar-refractivity contribution in [3.63, 3.8) is 0 Å². The Hall–Kier alpha value is -1.03. The van der Waals surface area contributed by atoms with E-state index < -0.39 is 17.5 Å². The van der Waals surface area contributed by atoms with Crippen molar-refractivity contribution in [2.45, 2.75) is 13.5 Å². The molecular weight excluding hydrogens is 181 g/mol. The van der Waals surface area contributed by atoms with Crippen LogP contribution in [0.3, 0.4) is 0 Å². The highest BCUT2D eigenvalue weighted by molar-refractivity contribution is 5.19. The molecule has 1 aromatic carbocycles. The lowest BCUT2D eigenvalue weighted by Gasteiger charge is -2.03. The van der Waals surface area contributed by atoms with Gasteiger partial charge in [-0.15, -0.1) is 0 Å². The first-order valence-electron chi connectivity index (χ1n) is 3.86. The lowest BCUT2D eigenvalue weighted by molar-refractivity contribution is 0.130. The molecule has 0 unspecified atom stereocenters. The van der Waals surface area contributed by atoms with Crippen LogP contribution in [-0.2, 0) is 11.3 Å². The molecular formula is C9H9F3O. The molecule has 0 fully saturated rings. The standard InChI is InChI=1S/C9H9F3O/c1-2-13-5-6-3-7(10)4-8(11)9(6)12/h3-4H,2,5H2,1H3. The molecule has 0 aliphatic heterocycles. The van der Waals surface area contributed by atoms with Gasteiger partial charge in [-0.2, -0.15) is 0 Å². The van der Waals surface area contributed by atoms with E-state index in [0.29, 0.717) is 12.7 Å². The molecule has 0 heterocycles. The Balaban J connectivity index is 2.92. The summed E-state index contributed by atoms with van der Waals surface area (Å²) >= 11 is 0. The van der Waals surface area contributed by atoms with Crippen molar-refractivity contribution < 1.29 is 17.9 Å². The minimum absolute atomic E-state index is 0.0978. The van der Waals surface area contributed by atoms with Gasteiger partial charge in [0, 0.05) is 18.2 Å². The summed E-state index contributed by atoms with van der Waals surface area (Å²) < 4.78 is 42.9. The highest BCUT2D eigenvalue weighted by Gasteiger charge is 2.10. The van der Waals surface area contributed by atoms with Crippen LogP contribution in [0.2, 0.25) is 0 Å². The van der Waals surface area contributed by atoms with Crippen molar-refractivity contribution in [1.82, 2.24) is 0 Å².